The van der Waals surface area contributed by atoms with Gasteiger partial charge in [0.15, 0.2) is 0 Å². The zero-order chi connectivity index (χ0) is 18.5. The molecule has 0 spiro atoms. The van der Waals surface area contributed by atoms with Gasteiger partial charge in [-0.2, -0.15) is 0 Å². The van der Waals surface area contributed by atoms with Gasteiger partial charge in [-0.25, -0.2) is 0 Å². The fourth-order valence-electron chi connectivity index (χ4n) is 4.76. The third-order valence-electron chi connectivity index (χ3n) is 6.03. The molecule has 0 bridgehead atoms. The summed E-state index contributed by atoms with van der Waals surface area (Å²) in [7, 11) is 0. The first-order valence-corrected chi connectivity index (χ1v) is 11.2. The maximum absolute atomic E-state index is 3.73. The van der Waals surface area contributed by atoms with Crippen molar-refractivity contribution in [3.63, 3.8) is 0 Å². The zero-order valence-electron chi connectivity index (χ0n) is 16.4. The van der Waals surface area contributed by atoms with Crippen LogP contribution in [0.3, 0.4) is 0 Å². The van der Waals surface area contributed by atoms with Crippen molar-refractivity contribution in [3.8, 4) is 0 Å². The van der Waals surface area contributed by atoms with E-state index >= 15 is 0 Å². The van der Waals surface area contributed by atoms with Crippen LogP contribution in [0, 0.1) is 5.92 Å². The number of hydrogen-bond donors (Lipinski definition) is 2. The Balaban J connectivity index is 0.000000948. The van der Waals surface area contributed by atoms with E-state index in [1.807, 2.05) is 13.8 Å². The Morgan fingerprint density at radius 1 is 1.12 bits per heavy atom. The minimum absolute atomic E-state index is 0.461. The highest BCUT2D eigenvalue weighted by Crippen LogP contribution is 2.43. The SMILES string of the molecule is CC.CCc1ccc2c(c1)CCC1=CC(Br)=CNC1[C@@H]2C1CCNCC1. The Bertz CT molecular complexity index is 671. The number of aryl methyl sites for hydroxylation is 2. The normalized spacial score (nSPS) is 25.4. The first-order valence-electron chi connectivity index (χ1n) is 10.4. The third kappa shape index (κ3) is 4.09. The van der Waals surface area contributed by atoms with Crippen molar-refractivity contribution in [2.45, 2.75) is 64.8 Å². The molecule has 1 aromatic carbocycles. The van der Waals surface area contributed by atoms with Gasteiger partial charge in [0.2, 0.25) is 0 Å². The van der Waals surface area contributed by atoms with Crippen LogP contribution in [0.15, 0.2) is 40.5 Å². The van der Waals surface area contributed by atoms with Gasteiger partial charge in [0.25, 0.3) is 0 Å². The summed E-state index contributed by atoms with van der Waals surface area (Å²) >= 11 is 3.66. The molecule has 1 aromatic rings. The summed E-state index contributed by atoms with van der Waals surface area (Å²) < 4.78 is 1.18. The van der Waals surface area contributed by atoms with E-state index in [0.29, 0.717) is 12.0 Å². The number of allylic oxidation sites excluding steroid dienone is 2. The zero-order valence-corrected chi connectivity index (χ0v) is 18.0. The number of halogens is 1. The van der Waals surface area contributed by atoms with E-state index in [9.17, 15) is 0 Å². The van der Waals surface area contributed by atoms with Crippen LogP contribution in [0.1, 0.15) is 62.6 Å². The van der Waals surface area contributed by atoms with Crippen LogP contribution >= 0.6 is 15.9 Å². The van der Waals surface area contributed by atoms with Crippen molar-refractivity contribution in [3.05, 3.63) is 57.2 Å². The van der Waals surface area contributed by atoms with Crippen LogP contribution in [-0.2, 0) is 12.8 Å². The highest BCUT2D eigenvalue weighted by molar-refractivity contribution is 9.11. The summed E-state index contributed by atoms with van der Waals surface area (Å²) in [5, 5.41) is 7.27. The topological polar surface area (TPSA) is 24.1 Å². The van der Waals surface area contributed by atoms with Crippen LogP contribution < -0.4 is 10.6 Å². The summed E-state index contributed by atoms with van der Waals surface area (Å²) in [5.74, 6) is 1.36. The van der Waals surface area contributed by atoms with Gasteiger partial charge in [-0.05, 0) is 95.4 Å². The lowest BCUT2D eigenvalue weighted by atomic mass is 9.73. The summed E-state index contributed by atoms with van der Waals surface area (Å²) in [6.07, 6.45) is 10.6. The molecule has 0 radical (unpaired) electrons. The molecule has 3 heteroatoms. The van der Waals surface area contributed by atoms with Gasteiger partial charge in [0, 0.05) is 16.6 Å². The van der Waals surface area contributed by atoms with Crippen LogP contribution in [-0.4, -0.2) is 19.1 Å². The van der Waals surface area contributed by atoms with Gasteiger partial charge in [-0.3, -0.25) is 0 Å². The Morgan fingerprint density at radius 2 is 1.88 bits per heavy atom. The summed E-state index contributed by atoms with van der Waals surface area (Å²) in [6, 6.07) is 7.74. The van der Waals surface area contributed by atoms with E-state index in [0.717, 1.165) is 25.4 Å². The molecule has 2 nitrogen and oxygen atoms in total. The second kappa shape index (κ2) is 9.23. The summed E-state index contributed by atoms with van der Waals surface area (Å²) in [4.78, 5) is 0. The molecule has 0 aromatic heterocycles. The molecule has 26 heavy (non-hydrogen) atoms. The van der Waals surface area contributed by atoms with E-state index in [4.69, 9.17) is 0 Å². The Morgan fingerprint density at radius 3 is 2.62 bits per heavy atom. The highest BCUT2D eigenvalue weighted by Gasteiger charge is 2.37. The molecule has 2 heterocycles. The van der Waals surface area contributed by atoms with Crippen molar-refractivity contribution in [2.24, 2.45) is 5.92 Å². The Kier molecular flexibility index (Phi) is 6.99. The minimum atomic E-state index is 0.461. The average molecular weight is 417 g/mol. The predicted octanol–water partition coefficient (Wildman–Crippen LogP) is 5.44. The number of rotatable bonds is 2. The van der Waals surface area contributed by atoms with Crippen LogP contribution in [0.2, 0.25) is 0 Å². The maximum atomic E-state index is 3.73. The molecule has 2 atom stereocenters. The smallest absolute Gasteiger partial charge is 0.0543 e. The van der Waals surface area contributed by atoms with E-state index in [2.05, 4.69) is 64.0 Å². The molecule has 2 N–H and O–H groups in total. The van der Waals surface area contributed by atoms with E-state index in [1.54, 1.807) is 16.7 Å². The second-order valence-electron chi connectivity index (χ2n) is 7.39. The molecule has 3 aliphatic rings. The molecular formula is C23H33BrN2. The Labute approximate surface area is 167 Å². The number of benzene rings is 1. The molecule has 4 rings (SSSR count). The number of hydrogen-bond acceptors (Lipinski definition) is 2. The maximum Gasteiger partial charge on any atom is 0.0543 e. The van der Waals surface area contributed by atoms with Crippen molar-refractivity contribution >= 4 is 15.9 Å². The minimum Gasteiger partial charge on any atom is -0.383 e. The summed E-state index contributed by atoms with van der Waals surface area (Å²) in [6.45, 7) is 8.58. The van der Waals surface area contributed by atoms with Crippen molar-refractivity contribution in [1.82, 2.24) is 10.6 Å². The predicted molar refractivity (Wildman–Crippen MR) is 116 cm³/mol. The number of dihydropyridines is 1. The first kappa shape index (κ1) is 19.7. The number of piperidine rings is 1. The van der Waals surface area contributed by atoms with Crippen molar-refractivity contribution < 1.29 is 0 Å². The molecule has 1 aliphatic carbocycles. The van der Waals surface area contributed by atoms with E-state index < -0.39 is 0 Å². The molecule has 1 saturated heterocycles. The monoisotopic (exact) mass is 416 g/mol. The fraction of sp³-hybridized carbons (Fsp3) is 0.565. The van der Waals surface area contributed by atoms with Gasteiger partial charge < -0.3 is 10.6 Å². The van der Waals surface area contributed by atoms with Crippen molar-refractivity contribution in [2.75, 3.05) is 13.1 Å². The highest BCUT2D eigenvalue weighted by atomic mass is 79.9. The second-order valence-corrected chi connectivity index (χ2v) is 8.31. The van der Waals surface area contributed by atoms with Crippen LogP contribution in [0.4, 0.5) is 0 Å². The third-order valence-corrected chi connectivity index (χ3v) is 6.49. The number of fused-ring (bicyclic) bond motifs is 2. The van der Waals surface area contributed by atoms with Crippen LogP contribution in [0.25, 0.3) is 0 Å². The van der Waals surface area contributed by atoms with E-state index in [-0.39, 0.29) is 0 Å². The molecule has 1 fully saturated rings. The lowest BCUT2D eigenvalue weighted by Crippen LogP contribution is -2.41. The van der Waals surface area contributed by atoms with Gasteiger partial charge in [0.05, 0.1) is 6.04 Å². The largest absolute Gasteiger partial charge is 0.383 e. The molecular weight excluding hydrogens is 384 g/mol. The van der Waals surface area contributed by atoms with Crippen LogP contribution in [0.5, 0.6) is 0 Å². The summed E-state index contributed by atoms with van der Waals surface area (Å²) in [5.41, 5.74) is 6.24. The molecule has 1 unspecified atom stereocenters. The van der Waals surface area contributed by atoms with Gasteiger partial charge in [-0.15, -0.1) is 0 Å². The number of nitrogens with one attached hydrogen (secondary N) is 2. The standard InChI is InChI=1S/C21H27BrN2.C2H6/c1-2-14-3-6-19-16(11-14)4-5-17-12-18(22)13-24-21(17)20(19)15-7-9-23-10-8-15;1-2/h3,6,11-13,15,20-21,23-24H,2,4-5,7-10H2,1H3;1-2H3/t20-,21?;/m1./s1. The molecule has 142 valence electrons. The van der Waals surface area contributed by atoms with E-state index in [1.165, 1.54) is 35.7 Å². The van der Waals surface area contributed by atoms with Crippen molar-refractivity contribution in [1.29, 1.82) is 0 Å². The fourth-order valence-corrected chi connectivity index (χ4v) is 5.18. The lowest BCUT2D eigenvalue weighted by Gasteiger charge is -2.38. The lowest BCUT2D eigenvalue weighted by molar-refractivity contribution is 0.288. The molecule has 0 amide bonds. The molecule has 0 saturated carbocycles. The Hall–Kier alpha value is -1.06. The quantitative estimate of drug-likeness (QED) is 0.670. The van der Waals surface area contributed by atoms with Gasteiger partial charge in [-0.1, -0.05) is 39.0 Å². The first-order chi connectivity index (χ1) is 12.8. The van der Waals surface area contributed by atoms with Gasteiger partial charge >= 0.3 is 0 Å². The molecule has 2 aliphatic heterocycles. The average Bonchev–Trinajstić information content (AvgIpc) is 2.86. The van der Waals surface area contributed by atoms with Gasteiger partial charge in [0.1, 0.15) is 0 Å².